The monoisotopic (exact) mass is 279 g/mol. The lowest BCUT2D eigenvalue weighted by Crippen LogP contribution is -1.92. The molecule has 2 nitrogen and oxygen atoms in total. The normalized spacial score (nSPS) is 10.4. The second kappa shape index (κ2) is 5.75. The first-order valence-electron chi connectivity index (χ1n) is 6.64. The minimum Gasteiger partial charge on any atom is -0.496 e. The number of benzene rings is 2. The van der Waals surface area contributed by atoms with Gasteiger partial charge in [-0.25, -0.2) is 4.39 Å². The number of para-hydroxylation sites is 1. The summed E-state index contributed by atoms with van der Waals surface area (Å²) in [5, 5.41) is 0. The number of halogens is 1. The van der Waals surface area contributed by atoms with Crippen LogP contribution in [0.3, 0.4) is 0 Å². The van der Waals surface area contributed by atoms with Gasteiger partial charge >= 0.3 is 0 Å². The molecule has 0 radical (unpaired) electrons. The van der Waals surface area contributed by atoms with Gasteiger partial charge in [0.25, 0.3) is 0 Å². The molecular weight excluding hydrogens is 265 g/mol. The van der Waals surface area contributed by atoms with Gasteiger partial charge in [0, 0.05) is 22.9 Å². The quantitative estimate of drug-likeness (QED) is 0.701. The molecule has 0 aliphatic carbocycles. The van der Waals surface area contributed by atoms with Gasteiger partial charge in [0.2, 0.25) is 0 Å². The van der Waals surface area contributed by atoms with Crippen molar-refractivity contribution in [3.05, 3.63) is 72.7 Å². The van der Waals surface area contributed by atoms with E-state index in [4.69, 9.17) is 4.74 Å². The van der Waals surface area contributed by atoms with Gasteiger partial charge in [-0.1, -0.05) is 24.3 Å². The van der Waals surface area contributed by atoms with Crippen LogP contribution in [0, 0.1) is 5.82 Å². The number of hydrogen-bond acceptors (Lipinski definition) is 2. The van der Waals surface area contributed by atoms with Crippen LogP contribution in [0.5, 0.6) is 5.75 Å². The number of hydrogen-bond donors (Lipinski definition) is 0. The topological polar surface area (TPSA) is 22.1 Å². The van der Waals surface area contributed by atoms with Crippen molar-refractivity contribution in [1.82, 2.24) is 4.98 Å². The maximum Gasteiger partial charge on any atom is 0.126 e. The van der Waals surface area contributed by atoms with Crippen LogP contribution in [-0.2, 0) is 0 Å². The van der Waals surface area contributed by atoms with Crippen LogP contribution in [0.1, 0.15) is 0 Å². The molecule has 0 spiro atoms. The van der Waals surface area contributed by atoms with E-state index in [-0.39, 0.29) is 5.82 Å². The molecule has 21 heavy (non-hydrogen) atoms. The minimum atomic E-state index is -0.256. The fourth-order valence-corrected chi connectivity index (χ4v) is 2.33. The molecular formula is C18H14FNO. The third kappa shape index (κ3) is 2.63. The molecule has 3 rings (SSSR count). The molecule has 3 heteroatoms. The Hall–Kier alpha value is -2.68. The number of nitrogens with zero attached hydrogens (tertiary/aromatic N) is 1. The number of rotatable bonds is 3. The summed E-state index contributed by atoms with van der Waals surface area (Å²) in [5.41, 5.74) is 3.61. The Balaban J connectivity index is 2.18. The first-order chi connectivity index (χ1) is 10.3. The fourth-order valence-electron chi connectivity index (χ4n) is 2.33. The summed E-state index contributed by atoms with van der Waals surface area (Å²) in [5.74, 6) is 0.530. The third-order valence-corrected chi connectivity index (χ3v) is 3.32. The smallest absolute Gasteiger partial charge is 0.126 e. The number of ether oxygens (including phenoxy) is 1. The minimum absolute atomic E-state index is 0.256. The number of methoxy groups -OCH3 is 1. The van der Waals surface area contributed by atoms with Crippen LogP contribution in [-0.4, -0.2) is 12.1 Å². The van der Waals surface area contributed by atoms with Crippen LogP contribution in [0.4, 0.5) is 4.39 Å². The van der Waals surface area contributed by atoms with Crippen molar-refractivity contribution in [1.29, 1.82) is 0 Å². The first kappa shape index (κ1) is 13.3. The van der Waals surface area contributed by atoms with Crippen molar-refractivity contribution < 1.29 is 9.13 Å². The van der Waals surface area contributed by atoms with E-state index in [1.165, 1.54) is 12.1 Å². The van der Waals surface area contributed by atoms with Crippen LogP contribution in [0.25, 0.3) is 22.4 Å². The van der Waals surface area contributed by atoms with Crippen LogP contribution in [0.2, 0.25) is 0 Å². The third-order valence-electron chi connectivity index (χ3n) is 3.32. The average molecular weight is 279 g/mol. The van der Waals surface area contributed by atoms with Crippen molar-refractivity contribution in [3.63, 3.8) is 0 Å². The zero-order valence-electron chi connectivity index (χ0n) is 11.6. The van der Waals surface area contributed by atoms with E-state index in [0.29, 0.717) is 0 Å². The largest absolute Gasteiger partial charge is 0.496 e. The van der Waals surface area contributed by atoms with E-state index >= 15 is 0 Å². The highest BCUT2D eigenvalue weighted by molar-refractivity contribution is 5.83. The molecule has 2 aromatic carbocycles. The van der Waals surface area contributed by atoms with Gasteiger partial charge in [0.1, 0.15) is 11.6 Å². The highest BCUT2D eigenvalue weighted by atomic mass is 19.1. The summed E-state index contributed by atoms with van der Waals surface area (Å²) < 4.78 is 18.5. The summed E-state index contributed by atoms with van der Waals surface area (Å²) in [6.45, 7) is 0. The van der Waals surface area contributed by atoms with Gasteiger partial charge < -0.3 is 4.74 Å². The van der Waals surface area contributed by atoms with Crippen molar-refractivity contribution in [2.75, 3.05) is 7.11 Å². The maximum absolute atomic E-state index is 13.1. The van der Waals surface area contributed by atoms with Crippen molar-refractivity contribution in [3.8, 4) is 28.1 Å². The van der Waals surface area contributed by atoms with Gasteiger partial charge in [-0.05, 0) is 36.4 Å². The predicted molar refractivity (Wildman–Crippen MR) is 81.6 cm³/mol. The van der Waals surface area contributed by atoms with E-state index < -0.39 is 0 Å². The van der Waals surface area contributed by atoms with E-state index in [0.717, 1.165) is 28.1 Å². The van der Waals surface area contributed by atoms with E-state index in [2.05, 4.69) is 4.98 Å². The molecule has 0 unspecified atom stereocenters. The molecule has 0 saturated carbocycles. The Morgan fingerprint density at radius 1 is 0.857 bits per heavy atom. The second-order valence-corrected chi connectivity index (χ2v) is 4.61. The molecule has 0 saturated heterocycles. The molecule has 0 atom stereocenters. The molecule has 0 amide bonds. The zero-order valence-corrected chi connectivity index (χ0v) is 11.6. The van der Waals surface area contributed by atoms with Gasteiger partial charge in [-0.2, -0.15) is 0 Å². The molecule has 0 fully saturated rings. The molecule has 0 N–H and O–H groups in total. The Labute approximate surface area is 122 Å². The summed E-state index contributed by atoms with van der Waals surface area (Å²) >= 11 is 0. The fraction of sp³-hybridized carbons (Fsp3) is 0.0556. The summed E-state index contributed by atoms with van der Waals surface area (Å²) in [6, 6.07) is 18.0. The SMILES string of the molecule is COc1ccccc1-c1cccnc1-c1ccc(F)cc1. The van der Waals surface area contributed by atoms with E-state index in [1.54, 1.807) is 25.4 Å². The lowest BCUT2D eigenvalue weighted by Gasteiger charge is -2.12. The van der Waals surface area contributed by atoms with Crippen molar-refractivity contribution >= 4 is 0 Å². The molecule has 0 aliphatic heterocycles. The summed E-state index contributed by atoms with van der Waals surface area (Å²) in [7, 11) is 1.65. The zero-order chi connectivity index (χ0) is 14.7. The average Bonchev–Trinajstić information content (AvgIpc) is 2.55. The predicted octanol–water partition coefficient (Wildman–Crippen LogP) is 4.56. The van der Waals surface area contributed by atoms with Crippen LogP contribution >= 0.6 is 0 Å². The lowest BCUT2D eigenvalue weighted by atomic mass is 9.98. The highest BCUT2D eigenvalue weighted by Crippen LogP contribution is 2.35. The number of aromatic nitrogens is 1. The Kier molecular flexibility index (Phi) is 3.65. The number of pyridine rings is 1. The summed E-state index contributed by atoms with van der Waals surface area (Å²) in [6.07, 6.45) is 1.73. The molecule has 1 aromatic heterocycles. The van der Waals surface area contributed by atoms with Crippen molar-refractivity contribution in [2.24, 2.45) is 0 Å². The molecule has 3 aromatic rings. The van der Waals surface area contributed by atoms with Crippen molar-refractivity contribution in [2.45, 2.75) is 0 Å². The lowest BCUT2D eigenvalue weighted by molar-refractivity contribution is 0.416. The molecule has 1 heterocycles. The second-order valence-electron chi connectivity index (χ2n) is 4.61. The van der Waals surface area contributed by atoms with Gasteiger partial charge in [-0.15, -0.1) is 0 Å². The van der Waals surface area contributed by atoms with Gasteiger partial charge in [-0.3, -0.25) is 4.98 Å². The Bertz CT molecular complexity index is 753. The Morgan fingerprint density at radius 2 is 1.57 bits per heavy atom. The standard InChI is InChI=1S/C18H14FNO/c1-21-17-7-3-2-5-15(17)16-6-4-12-20-18(16)13-8-10-14(19)11-9-13/h2-12H,1H3. The van der Waals surface area contributed by atoms with Gasteiger partial charge in [0.15, 0.2) is 0 Å². The summed E-state index contributed by atoms with van der Waals surface area (Å²) in [4.78, 5) is 4.45. The van der Waals surface area contributed by atoms with Gasteiger partial charge in [0.05, 0.1) is 12.8 Å². The van der Waals surface area contributed by atoms with E-state index in [9.17, 15) is 4.39 Å². The van der Waals surface area contributed by atoms with Crippen LogP contribution < -0.4 is 4.74 Å². The molecule has 0 aliphatic rings. The van der Waals surface area contributed by atoms with Crippen LogP contribution in [0.15, 0.2) is 66.9 Å². The first-order valence-corrected chi connectivity index (χ1v) is 6.64. The molecule has 104 valence electrons. The highest BCUT2D eigenvalue weighted by Gasteiger charge is 2.12. The maximum atomic E-state index is 13.1. The van der Waals surface area contributed by atoms with E-state index in [1.807, 2.05) is 36.4 Å². The Morgan fingerprint density at radius 3 is 2.33 bits per heavy atom. The molecule has 0 bridgehead atoms.